The number of fused-ring (bicyclic) bond motifs is 1. The Kier molecular flexibility index (Phi) is 2.95. The molecule has 0 atom stereocenters. The average molecular weight is 290 g/mol. The number of anilines is 1. The zero-order valence-corrected chi connectivity index (χ0v) is 10.9. The predicted molar refractivity (Wildman–Crippen MR) is 75.5 cm³/mol. The molecule has 2 N–H and O–H groups in total. The van der Waals surface area contributed by atoms with E-state index in [1.807, 2.05) is 0 Å². The maximum absolute atomic E-state index is 13.1. The summed E-state index contributed by atoms with van der Waals surface area (Å²) in [4.78, 5) is 12.3. The molecule has 3 aromatic rings. The number of furan rings is 1. The van der Waals surface area contributed by atoms with Crippen LogP contribution in [-0.2, 0) is 0 Å². The lowest BCUT2D eigenvalue weighted by Gasteiger charge is -2.01. The second kappa shape index (κ2) is 4.65. The Hall–Kier alpha value is -2.33. The van der Waals surface area contributed by atoms with Gasteiger partial charge in [-0.3, -0.25) is 4.79 Å². The minimum Gasteiger partial charge on any atom is -0.453 e. The lowest BCUT2D eigenvalue weighted by molar-refractivity contribution is 0.101. The number of ketones is 1. The van der Waals surface area contributed by atoms with Crippen molar-refractivity contribution in [1.29, 1.82) is 0 Å². The molecule has 0 unspecified atom stereocenters. The van der Waals surface area contributed by atoms with Gasteiger partial charge in [0.1, 0.15) is 11.4 Å². The standard InChI is InChI=1S/C15H9ClFNO2/c16-11-3-1-8(6-12(11)18)15(19)14-7-9-5-10(17)2-4-13(9)20-14/h1-7H,18H2. The molecule has 3 rings (SSSR count). The zero-order valence-electron chi connectivity index (χ0n) is 10.2. The zero-order chi connectivity index (χ0) is 14.3. The van der Waals surface area contributed by atoms with Crippen molar-refractivity contribution in [2.24, 2.45) is 0 Å². The minimum absolute atomic E-state index is 0.132. The van der Waals surface area contributed by atoms with Crippen LogP contribution in [0.2, 0.25) is 5.02 Å². The van der Waals surface area contributed by atoms with Gasteiger partial charge in [-0.05, 0) is 42.5 Å². The highest BCUT2D eigenvalue weighted by molar-refractivity contribution is 6.33. The van der Waals surface area contributed by atoms with Gasteiger partial charge in [0.25, 0.3) is 0 Å². The van der Waals surface area contributed by atoms with Crippen molar-refractivity contribution in [1.82, 2.24) is 0 Å². The number of carbonyl (C=O) groups is 1. The lowest BCUT2D eigenvalue weighted by Crippen LogP contribution is -2.00. The van der Waals surface area contributed by atoms with E-state index in [1.165, 1.54) is 30.3 Å². The van der Waals surface area contributed by atoms with Crippen molar-refractivity contribution in [2.75, 3.05) is 5.73 Å². The third-order valence-electron chi connectivity index (χ3n) is 2.96. The fraction of sp³-hybridized carbons (Fsp3) is 0. The Morgan fingerprint density at radius 3 is 2.70 bits per heavy atom. The van der Waals surface area contributed by atoms with Crippen LogP contribution in [-0.4, -0.2) is 5.78 Å². The number of carbonyl (C=O) groups excluding carboxylic acids is 1. The molecule has 3 nitrogen and oxygen atoms in total. The fourth-order valence-electron chi connectivity index (χ4n) is 1.95. The molecule has 2 aromatic carbocycles. The van der Waals surface area contributed by atoms with Crippen molar-refractivity contribution in [3.8, 4) is 0 Å². The Morgan fingerprint density at radius 1 is 1.15 bits per heavy atom. The summed E-state index contributed by atoms with van der Waals surface area (Å²) in [7, 11) is 0. The van der Waals surface area contributed by atoms with E-state index in [2.05, 4.69) is 0 Å². The quantitative estimate of drug-likeness (QED) is 0.572. The number of nitrogens with two attached hydrogens (primary N) is 1. The van der Waals surface area contributed by atoms with Gasteiger partial charge in [-0.15, -0.1) is 0 Å². The highest BCUT2D eigenvalue weighted by Crippen LogP contribution is 2.25. The van der Waals surface area contributed by atoms with E-state index in [9.17, 15) is 9.18 Å². The second-order valence-electron chi connectivity index (χ2n) is 4.36. The number of benzene rings is 2. The van der Waals surface area contributed by atoms with Crippen LogP contribution in [0.25, 0.3) is 11.0 Å². The molecule has 0 spiro atoms. The number of nitrogen functional groups attached to an aromatic ring is 1. The molecule has 0 amide bonds. The molecule has 1 heterocycles. The summed E-state index contributed by atoms with van der Waals surface area (Å²) in [6.07, 6.45) is 0. The summed E-state index contributed by atoms with van der Waals surface area (Å²) < 4.78 is 18.5. The molecule has 0 saturated carbocycles. The fourth-order valence-corrected chi connectivity index (χ4v) is 2.07. The van der Waals surface area contributed by atoms with Crippen molar-refractivity contribution < 1.29 is 13.6 Å². The smallest absolute Gasteiger partial charge is 0.228 e. The Balaban J connectivity index is 2.05. The summed E-state index contributed by atoms with van der Waals surface area (Å²) in [5.41, 5.74) is 6.81. The van der Waals surface area contributed by atoms with Crippen molar-refractivity contribution >= 4 is 34.0 Å². The first-order valence-corrected chi connectivity index (χ1v) is 6.21. The van der Waals surface area contributed by atoms with E-state index < -0.39 is 0 Å². The first-order valence-electron chi connectivity index (χ1n) is 5.83. The summed E-state index contributed by atoms with van der Waals surface area (Å²) in [6.45, 7) is 0. The molecule has 0 bridgehead atoms. The van der Waals surface area contributed by atoms with Gasteiger partial charge in [0.2, 0.25) is 5.78 Å². The highest BCUT2D eigenvalue weighted by atomic mass is 35.5. The van der Waals surface area contributed by atoms with E-state index in [0.29, 0.717) is 27.2 Å². The molecule has 0 radical (unpaired) electrons. The van der Waals surface area contributed by atoms with Crippen molar-refractivity contribution in [3.63, 3.8) is 0 Å². The Labute approximate surface area is 118 Å². The monoisotopic (exact) mass is 289 g/mol. The molecule has 0 aliphatic heterocycles. The SMILES string of the molecule is Nc1cc(C(=O)c2cc3cc(F)ccc3o2)ccc1Cl. The van der Waals surface area contributed by atoms with E-state index >= 15 is 0 Å². The largest absolute Gasteiger partial charge is 0.453 e. The van der Waals surface area contributed by atoms with Crippen molar-refractivity contribution in [2.45, 2.75) is 0 Å². The maximum Gasteiger partial charge on any atom is 0.228 e. The lowest BCUT2D eigenvalue weighted by atomic mass is 10.1. The maximum atomic E-state index is 13.1. The average Bonchev–Trinajstić information content (AvgIpc) is 2.84. The molecule has 5 heteroatoms. The van der Waals surface area contributed by atoms with Gasteiger partial charge in [0, 0.05) is 10.9 Å². The molecule has 0 saturated heterocycles. The van der Waals surface area contributed by atoms with Crippen LogP contribution in [0.4, 0.5) is 10.1 Å². The number of hydrogen-bond donors (Lipinski definition) is 1. The number of rotatable bonds is 2. The molecular weight excluding hydrogens is 281 g/mol. The van der Waals surface area contributed by atoms with Crippen LogP contribution in [0.15, 0.2) is 46.9 Å². The van der Waals surface area contributed by atoms with Crippen LogP contribution >= 0.6 is 11.6 Å². The first-order chi connectivity index (χ1) is 9.54. The van der Waals surface area contributed by atoms with Gasteiger partial charge >= 0.3 is 0 Å². The van der Waals surface area contributed by atoms with Crippen LogP contribution in [0, 0.1) is 5.82 Å². The number of halogens is 2. The van der Waals surface area contributed by atoms with E-state index in [4.69, 9.17) is 21.8 Å². The molecule has 20 heavy (non-hydrogen) atoms. The summed E-state index contributed by atoms with van der Waals surface area (Å²) in [6, 6.07) is 10.2. The summed E-state index contributed by atoms with van der Waals surface area (Å²) >= 11 is 5.81. The van der Waals surface area contributed by atoms with Crippen LogP contribution in [0.3, 0.4) is 0 Å². The van der Waals surface area contributed by atoms with Crippen molar-refractivity contribution in [3.05, 3.63) is 64.6 Å². The molecule has 0 fully saturated rings. The van der Waals surface area contributed by atoms with Gasteiger partial charge in [-0.1, -0.05) is 11.6 Å². The Bertz CT molecular complexity index is 826. The minimum atomic E-state index is -0.381. The van der Waals surface area contributed by atoms with Crippen LogP contribution in [0.5, 0.6) is 0 Å². The van der Waals surface area contributed by atoms with Crippen LogP contribution in [0.1, 0.15) is 16.1 Å². The van der Waals surface area contributed by atoms with E-state index in [0.717, 1.165) is 0 Å². The second-order valence-corrected chi connectivity index (χ2v) is 4.77. The normalized spacial score (nSPS) is 10.9. The van der Waals surface area contributed by atoms with Gasteiger partial charge in [-0.25, -0.2) is 4.39 Å². The summed E-state index contributed by atoms with van der Waals surface area (Å²) in [5.74, 6) is -0.578. The third kappa shape index (κ3) is 2.14. The summed E-state index contributed by atoms with van der Waals surface area (Å²) in [5, 5.41) is 0.920. The van der Waals surface area contributed by atoms with Gasteiger partial charge < -0.3 is 10.2 Å². The topological polar surface area (TPSA) is 56.2 Å². The highest BCUT2D eigenvalue weighted by Gasteiger charge is 2.15. The van der Waals surface area contributed by atoms with E-state index in [1.54, 1.807) is 12.1 Å². The van der Waals surface area contributed by atoms with Gasteiger partial charge in [0.15, 0.2) is 5.76 Å². The molecule has 0 aliphatic rings. The van der Waals surface area contributed by atoms with Gasteiger partial charge in [0.05, 0.1) is 10.7 Å². The van der Waals surface area contributed by atoms with Crippen LogP contribution < -0.4 is 5.73 Å². The molecular formula is C15H9ClFNO2. The Morgan fingerprint density at radius 2 is 1.95 bits per heavy atom. The molecule has 100 valence electrons. The third-order valence-corrected chi connectivity index (χ3v) is 3.30. The van der Waals surface area contributed by atoms with Gasteiger partial charge in [-0.2, -0.15) is 0 Å². The molecule has 1 aromatic heterocycles. The predicted octanol–water partition coefficient (Wildman–Crippen LogP) is 4.04. The van der Waals surface area contributed by atoms with E-state index in [-0.39, 0.29) is 17.4 Å². The number of hydrogen-bond acceptors (Lipinski definition) is 3. The first kappa shape index (κ1) is 12.7. The molecule has 0 aliphatic carbocycles.